The SMILES string of the molecule is O=C1c2c(O)cccc2-c2csc3cc([N+](=O)[O-])c(O)c1c23. The summed E-state index contributed by atoms with van der Waals surface area (Å²) < 4.78 is 0.553. The minimum Gasteiger partial charge on any atom is -0.507 e. The molecular formula is C15H7NO5S. The van der Waals surface area contributed by atoms with Gasteiger partial charge in [-0.1, -0.05) is 12.1 Å². The van der Waals surface area contributed by atoms with E-state index in [4.69, 9.17) is 0 Å². The van der Waals surface area contributed by atoms with E-state index in [2.05, 4.69) is 0 Å². The Morgan fingerprint density at radius 1 is 1.14 bits per heavy atom. The van der Waals surface area contributed by atoms with E-state index in [-0.39, 0.29) is 16.9 Å². The van der Waals surface area contributed by atoms with Crippen LogP contribution in [0.25, 0.3) is 21.2 Å². The van der Waals surface area contributed by atoms with Crippen LogP contribution >= 0.6 is 11.3 Å². The summed E-state index contributed by atoms with van der Waals surface area (Å²) in [5.41, 5.74) is 0.686. The second-order valence-electron chi connectivity index (χ2n) is 4.93. The van der Waals surface area contributed by atoms with Crippen molar-refractivity contribution in [3.63, 3.8) is 0 Å². The van der Waals surface area contributed by atoms with Gasteiger partial charge in [-0.2, -0.15) is 0 Å². The quantitative estimate of drug-likeness (QED) is 0.414. The minimum atomic E-state index is -0.724. The van der Waals surface area contributed by atoms with Crippen LogP contribution in [0.4, 0.5) is 5.69 Å². The van der Waals surface area contributed by atoms with Gasteiger partial charge in [0.05, 0.1) is 16.1 Å². The van der Waals surface area contributed by atoms with Crippen LogP contribution in [-0.2, 0) is 0 Å². The zero-order valence-electron chi connectivity index (χ0n) is 10.9. The van der Waals surface area contributed by atoms with Crippen molar-refractivity contribution in [2.75, 3.05) is 0 Å². The number of nitrogens with zero attached hydrogens (tertiary/aromatic N) is 1. The number of carbonyl (C=O) groups is 1. The van der Waals surface area contributed by atoms with Crippen molar-refractivity contribution in [1.29, 1.82) is 0 Å². The van der Waals surface area contributed by atoms with Gasteiger partial charge in [0, 0.05) is 21.7 Å². The Balaban J connectivity index is 2.23. The number of nitro benzene ring substituents is 1. The lowest BCUT2D eigenvalue weighted by atomic mass is 9.84. The third-order valence-electron chi connectivity index (χ3n) is 3.80. The van der Waals surface area contributed by atoms with Crippen LogP contribution in [0.3, 0.4) is 0 Å². The van der Waals surface area contributed by atoms with Gasteiger partial charge >= 0.3 is 5.69 Å². The fraction of sp³-hybridized carbons (Fsp3) is 0. The van der Waals surface area contributed by atoms with Crippen molar-refractivity contribution in [2.24, 2.45) is 0 Å². The number of phenols is 2. The number of fused-ring (bicyclic) bond motifs is 2. The van der Waals surface area contributed by atoms with Gasteiger partial charge in [-0.25, -0.2) is 0 Å². The number of hydrogen-bond acceptors (Lipinski definition) is 6. The molecule has 0 aliphatic heterocycles. The second kappa shape index (κ2) is 4.05. The lowest BCUT2D eigenvalue weighted by Gasteiger charge is -2.17. The van der Waals surface area contributed by atoms with Crippen molar-refractivity contribution in [3.05, 3.63) is 50.9 Å². The highest BCUT2D eigenvalue weighted by molar-refractivity contribution is 7.18. The fourth-order valence-corrected chi connectivity index (χ4v) is 3.86. The van der Waals surface area contributed by atoms with E-state index < -0.39 is 22.1 Å². The summed E-state index contributed by atoms with van der Waals surface area (Å²) in [7, 11) is 0. The van der Waals surface area contributed by atoms with Gasteiger partial charge in [0.1, 0.15) is 5.75 Å². The molecule has 6 nitrogen and oxygen atoms in total. The van der Waals surface area contributed by atoms with Crippen molar-refractivity contribution < 1.29 is 19.9 Å². The Morgan fingerprint density at radius 2 is 1.91 bits per heavy atom. The predicted molar refractivity (Wildman–Crippen MR) is 80.7 cm³/mol. The first-order chi connectivity index (χ1) is 10.5. The van der Waals surface area contributed by atoms with Gasteiger partial charge in [0.25, 0.3) is 0 Å². The average Bonchev–Trinajstić information content (AvgIpc) is 2.89. The zero-order chi connectivity index (χ0) is 15.6. The smallest absolute Gasteiger partial charge is 0.312 e. The maximum atomic E-state index is 12.7. The van der Waals surface area contributed by atoms with Crippen LogP contribution in [0.1, 0.15) is 15.9 Å². The molecule has 1 aliphatic carbocycles. The number of ketones is 1. The number of benzene rings is 2. The Labute approximate surface area is 127 Å². The fourth-order valence-electron chi connectivity index (χ4n) is 2.86. The molecule has 1 aromatic heterocycles. The number of phenolic OH excluding ortho intramolecular Hbond substituents is 2. The monoisotopic (exact) mass is 313 g/mol. The molecule has 2 aromatic carbocycles. The van der Waals surface area contributed by atoms with Gasteiger partial charge < -0.3 is 10.2 Å². The standard InChI is InChI=1S/C15H7NO5S/c17-9-3-1-2-6-7-5-22-10-4-8(16(20)21)14(18)13(12(7)10)15(19)11(6)9/h1-5,17-18H. The molecule has 7 heteroatoms. The first-order valence-corrected chi connectivity index (χ1v) is 7.17. The van der Waals surface area contributed by atoms with Crippen LogP contribution in [0.2, 0.25) is 0 Å². The topological polar surface area (TPSA) is 101 Å². The molecule has 0 atom stereocenters. The molecule has 108 valence electrons. The number of thiophene rings is 1. The van der Waals surface area contributed by atoms with Gasteiger partial charge in [0.2, 0.25) is 11.5 Å². The molecule has 3 aromatic rings. The van der Waals surface area contributed by atoms with Crippen LogP contribution in [0.15, 0.2) is 29.6 Å². The molecule has 1 aliphatic rings. The molecule has 0 bridgehead atoms. The number of carbonyl (C=O) groups excluding carboxylic acids is 1. The maximum absolute atomic E-state index is 12.7. The summed E-state index contributed by atoms with van der Waals surface area (Å²) in [6, 6.07) is 5.97. The highest BCUT2D eigenvalue weighted by Crippen LogP contribution is 2.50. The molecule has 2 N–H and O–H groups in total. The van der Waals surface area contributed by atoms with E-state index in [1.165, 1.54) is 23.5 Å². The molecule has 1 heterocycles. The third-order valence-corrected chi connectivity index (χ3v) is 4.73. The van der Waals surface area contributed by atoms with Crippen LogP contribution in [0, 0.1) is 10.1 Å². The molecule has 0 saturated carbocycles. The summed E-state index contributed by atoms with van der Waals surface area (Å²) >= 11 is 1.26. The van der Waals surface area contributed by atoms with E-state index in [9.17, 15) is 25.1 Å². The number of hydrogen-bond donors (Lipinski definition) is 2. The van der Waals surface area contributed by atoms with Crippen molar-refractivity contribution in [2.45, 2.75) is 0 Å². The summed E-state index contributed by atoms with van der Waals surface area (Å²) in [6.45, 7) is 0. The zero-order valence-corrected chi connectivity index (χ0v) is 11.7. The molecule has 0 amide bonds. The molecule has 4 rings (SSSR count). The van der Waals surface area contributed by atoms with Crippen molar-refractivity contribution in [1.82, 2.24) is 0 Å². The molecule has 0 saturated heterocycles. The van der Waals surface area contributed by atoms with Gasteiger partial charge in [-0.3, -0.25) is 14.9 Å². The summed E-state index contributed by atoms with van der Waals surface area (Å²) in [4.78, 5) is 23.0. The largest absolute Gasteiger partial charge is 0.507 e. The Hall–Kier alpha value is -2.93. The second-order valence-corrected chi connectivity index (χ2v) is 5.84. The first kappa shape index (κ1) is 12.8. The van der Waals surface area contributed by atoms with Gasteiger partial charge in [-0.15, -0.1) is 11.3 Å². The Kier molecular flexibility index (Phi) is 2.35. The minimum absolute atomic E-state index is 0.0606. The van der Waals surface area contributed by atoms with E-state index in [0.29, 0.717) is 21.2 Å². The van der Waals surface area contributed by atoms with Crippen molar-refractivity contribution >= 4 is 32.9 Å². The summed E-state index contributed by atoms with van der Waals surface area (Å²) in [5, 5.41) is 33.5. The molecule has 22 heavy (non-hydrogen) atoms. The lowest BCUT2D eigenvalue weighted by molar-refractivity contribution is -0.385. The summed E-state index contributed by atoms with van der Waals surface area (Å²) in [6.07, 6.45) is 0. The van der Waals surface area contributed by atoms with E-state index in [0.717, 1.165) is 0 Å². The molecular weight excluding hydrogens is 306 g/mol. The third kappa shape index (κ3) is 1.40. The van der Waals surface area contributed by atoms with Crippen LogP contribution in [-0.4, -0.2) is 20.9 Å². The Morgan fingerprint density at radius 3 is 2.64 bits per heavy atom. The number of rotatable bonds is 1. The highest BCUT2D eigenvalue weighted by atomic mass is 32.1. The van der Waals surface area contributed by atoms with Gasteiger partial charge in [-0.05, 0) is 17.0 Å². The van der Waals surface area contributed by atoms with Crippen molar-refractivity contribution in [3.8, 4) is 22.6 Å². The average molecular weight is 313 g/mol. The molecule has 0 fully saturated rings. The molecule has 0 spiro atoms. The molecule has 0 radical (unpaired) electrons. The summed E-state index contributed by atoms with van der Waals surface area (Å²) in [5.74, 6) is -1.47. The van der Waals surface area contributed by atoms with E-state index >= 15 is 0 Å². The number of aromatic hydroxyl groups is 2. The van der Waals surface area contributed by atoms with E-state index in [1.807, 2.05) is 0 Å². The van der Waals surface area contributed by atoms with Gasteiger partial charge in [0.15, 0.2) is 0 Å². The lowest BCUT2D eigenvalue weighted by Crippen LogP contribution is -2.10. The Bertz CT molecular complexity index is 1000. The first-order valence-electron chi connectivity index (χ1n) is 6.29. The van der Waals surface area contributed by atoms with E-state index in [1.54, 1.807) is 17.5 Å². The number of nitro groups is 1. The normalized spacial score (nSPS) is 12.5. The van der Waals surface area contributed by atoms with Crippen LogP contribution in [0.5, 0.6) is 11.5 Å². The molecule has 0 unspecified atom stereocenters. The maximum Gasteiger partial charge on any atom is 0.312 e. The predicted octanol–water partition coefficient (Wildman–Crippen LogP) is 3.43. The highest BCUT2D eigenvalue weighted by Gasteiger charge is 2.34. The van der Waals surface area contributed by atoms with Crippen LogP contribution < -0.4 is 0 Å².